The molecule has 0 amide bonds. The topological polar surface area (TPSA) is 0 Å². The van der Waals surface area contributed by atoms with E-state index in [0.29, 0.717) is 6.42 Å². The van der Waals surface area contributed by atoms with E-state index in [1.54, 1.807) is 0 Å². The number of halogens is 4. The number of aryl methyl sites for hydroxylation is 1. The Labute approximate surface area is 121 Å². The van der Waals surface area contributed by atoms with Crippen LogP contribution in [0.5, 0.6) is 0 Å². The van der Waals surface area contributed by atoms with E-state index >= 15 is 0 Å². The van der Waals surface area contributed by atoms with Gasteiger partial charge in [0, 0.05) is 5.56 Å². The summed E-state index contributed by atoms with van der Waals surface area (Å²) in [6.45, 7) is 1.97. The van der Waals surface area contributed by atoms with Crippen molar-refractivity contribution in [1.29, 1.82) is 0 Å². The quantitative estimate of drug-likeness (QED) is 0.522. The summed E-state index contributed by atoms with van der Waals surface area (Å²) in [4.78, 5) is 0. The van der Waals surface area contributed by atoms with E-state index in [4.69, 9.17) is 23.2 Å². The van der Waals surface area contributed by atoms with Gasteiger partial charge in [-0.1, -0.05) is 41.4 Å². The standard InChI is InChI=1S/C15H12Cl2F2/c1-9-3-2-4-10(5-9)6-12(16)11-7-15(19)13(17)8-14(11)18/h2-5,7-8,12H,6H2,1H3. The van der Waals surface area contributed by atoms with Gasteiger partial charge in [-0.05, 0) is 31.0 Å². The van der Waals surface area contributed by atoms with Crippen molar-refractivity contribution in [3.05, 3.63) is 69.7 Å². The summed E-state index contributed by atoms with van der Waals surface area (Å²) >= 11 is 11.7. The van der Waals surface area contributed by atoms with Crippen LogP contribution >= 0.6 is 23.2 Å². The van der Waals surface area contributed by atoms with Crippen LogP contribution in [0.2, 0.25) is 5.02 Å². The molecule has 0 bridgehead atoms. The summed E-state index contributed by atoms with van der Waals surface area (Å²) in [7, 11) is 0. The fraction of sp³-hybridized carbons (Fsp3) is 0.200. The fourth-order valence-corrected chi connectivity index (χ4v) is 2.43. The van der Waals surface area contributed by atoms with Crippen LogP contribution in [-0.4, -0.2) is 0 Å². The summed E-state index contributed by atoms with van der Waals surface area (Å²) in [6.07, 6.45) is 0.432. The Morgan fingerprint density at radius 3 is 2.53 bits per heavy atom. The molecule has 100 valence electrons. The Kier molecular flexibility index (Phi) is 4.43. The number of hydrogen-bond donors (Lipinski definition) is 0. The van der Waals surface area contributed by atoms with Gasteiger partial charge in [-0.15, -0.1) is 11.6 Å². The van der Waals surface area contributed by atoms with Gasteiger partial charge in [-0.3, -0.25) is 0 Å². The zero-order chi connectivity index (χ0) is 14.0. The minimum absolute atomic E-state index is 0.130. The van der Waals surface area contributed by atoms with E-state index in [1.165, 1.54) is 0 Å². The fourth-order valence-electron chi connectivity index (χ4n) is 1.93. The summed E-state index contributed by atoms with van der Waals surface area (Å²) in [5.74, 6) is -1.24. The largest absolute Gasteiger partial charge is 0.207 e. The lowest BCUT2D eigenvalue weighted by Gasteiger charge is -2.12. The van der Waals surface area contributed by atoms with Gasteiger partial charge in [0.25, 0.3) is 0 Å². The molecule has 19 heavy (non-hydrogen) atoms. The van der Waals surface area contributed by atoms with Crippen LogP contribution in [0.25, 0.3) is 0 Å². The zero-order valence-electron chi connectivity index (χ0n) is 10.3. The monoisotopic (exact) mass is 300 g/mol. The van der Waals surface area contributed by atoms with Crippen molar-refractivity contribution in [2.45, 2.75) is 18.7 Å². The van der Waals surface area contributed by atoms with Crippen molar-refractivity contribution in [3.63, 3.8) is 0 Å². The highest BCUT2D eigenvalue weighted by molar-refractivity contribution is 6.30. The Morgan fingerprint density at radius 1 is 1.11 bits per heavy atom. The van der Waals surface area contributed by atoms with Gasteiger partial charge in [-0.25, -0.2) is 8.78 Å². The first-order chi connectivity index (χ1) is 8.97. The first-order valence-corrected chi connectivity index (χ1v) is 6.63. The molecule has 2 aromatic rings. The Balaban J connectivity index is 2.25. The van der Waals surface area contributed by atoms with Crippen molar-refractivity contribution >= 4 is 23.2 Å². The average molecular weight is 301 g/mol. The van der Waals surface area contributed by atoms with E-state index in [-0.39, 0.29) is 10.6 Å². The van der Waals surface area contributed by atoms with Gasteiger partial charge in [0.2, 0.25) is 0 Å². The minimum atomic E-state index is -0.659. The van der Waals surface area contributed by atoms with E-state index in [9.17, 15) is 8.78 Å². The lowest BCUT2D eigenvalue weighted by molar-refractivity contribution is 0.582. The second kappa shape index (κ2) is 5.89. The summed E-state index contributed by atoms with van der Waals surface area (Å²) in [5, 5.41) is -0.866. The van der Waals surface area contributed by atoms with Crippen LogP contribution in [0.1, 0.15) is 22.1 Å². The Bertz CT molecular complexity index is 597. The third-order valence-electron chi connectivity index (χ3n) is 2.87. The van der Waals surface area contributed by atoms with E-state index in [1.807, 2.05) is 31.2 Å². The molecule has 4 heteroatoms. The first kappa shape index (κ1) is 14.3. The van der Waals surface area contributed by atoms with Crippen LogP contribution in [0.4, 0.5) is 8.78 Å². The van der Waals surface area contributed by atoms with Gasteiger partial charge < -0.3 is 0 Å². The van der Waals surface area contributed by atoms with Gasteiger partial charge in [-0.2, -0.15) is 0 Å². The third-order valence-corrected chi connectivity index (χ3v) is 3.55. The summed E-state index contributed by atoms with van der Waals surface area (Å²) in [6, 6.07) is 9.78. The molecule has 0 aliphatic heterocycles. The molecule has 0 N–H and O–H groups in total. The van der Waals surface area contributed by atoms with Crippen molar-refractivity contribution in [3.8, 4) is 0 Å². The van der Waals surface area contributed by atoms with Crippen molar-refractivity contribution < 1.29 is 8.78 Å². The van der Waals surface area contributed by atoms with Crippen molar-refractivity contribution in [2.24, 2.45) is 0 Å². The second-order valence-corrected chi connectivity index (χ2v) is 5.38. The van der Waals surface area contributed by atoms with Crippen molar-refractivity contribution in [2.75, 3.05) is 0 Å². The summed E-state index contributed by atoms with van der Waals surface area (Å²) in [5.41, 5.74) is 2.21. The normalized spacial score (nSPS) is 12.5. The molecular formula is C15H12Cl2F2. The van der Waals surface area contributed by atoms with Crippen LogP contribution < -0.4 is 0 Å². The van der Waals surface area contributed by atoms with E-state index < -0.39 is 17.0 Å². The molecule has 0 aliphatic rings. The highest BCUT2D eigenvalue weighted by Crippen LogP contribution is 2.30. The molecular weight excluding hydrogens is 289 g/mol. The van der Waals surface area contributed by atoms with Crippen LogP contribution in [0.3, 0.4) is 0 Å². The molecule has 1 unspecified atom stereocenters. The van der Waals surface area contributed by atoms with Gasteiger partial charge in [0.05, 0.1) is 10.4 Å². The van der Waals surface area contributed by atoms with Crippen molar-refractivity contribution in [1.82, 2.24) is 0 Å². The molecule has 2 aromatic carbocycles. The highest BCUT2D eigenvalue weighted by atomic mass is 35.5. The first-order valence-electron chi connectivity index (χ1n) is 5.81. The summed E-state index contributed by atoms with van der Waals surface area (Å²) < 4.78 is 27.1. The smallest absolute Gasteiger partial charge is 0.142 e. The number of alkyl halides is 1. The van der Waals surface area contributed by atoms with Gasteiger partial charge in [0.15, 0.2) is 0 Å². The predicted molar refractivity (Wildman–Crippen MR) is 74.8 cm³/mol. The number of benzene rings is 2. The maximum atomic E-state index is 13.7. The molecule has 0 spiro atoms. The lowest BCUT2D eigenvalue weighted by atomic mass is 10.0. The average Bonchev–Trinajstić information content (AvgIpc) is 2.33. The van der Waals surface area contributed by atoms with Crippen LogP contribution in [0, 0.1) is 18.6 Å². The molecule has 0 aliphatic carbocycles. The SMILES string of the molecule is Cc1cccc(CC(Cl)c2cc(F)c(Cl)cc2F)c1. The van der Waals surface area contributed by atoms with E-state index in [2.05, 4.69) is 0 Å². The van der Waals surface area contributed by atoms with Crippen LogP contribution in [-0.2, 0) is 6.42 Å². The molecule has 0 heterocycles. The minimum Gasteiger partial charge on any atom is -0.207 e. The molecule has 0 aromatic heterocycles. The van der Waals surface area contributed by atoms with Gasteiger partial charge >= 0.3 is 0 Å². The third kappa shape index (κ3) is 3.46. The molecule has 0 nitrogen and oxygen atoms in total. The Hall–Kier alpha value is -1.12. The molecule has 0 saturated heterocycles. The van der Waals surface area contributed by atoms with E-state index in [0.717, 1.165) is 23.3 Å². The maximum absolute atomic E-state index is 13.7. The number of rotatable bonds is 3. The predicted octanol–water partition coefficient (Wildman–Crippen LogP) is 5.45. The molecule has 0 saturated carbocycles. The lowest BCUT2D eigenvalue weighted by Crippen LogP contribution is -2.00. The molecule has 2 rings (SSSR count). The molecule has 1 atom stereocenters. The number of hydrogen-bond acceptors (Lipinski definition) is 0. The second-order valence-electron chi connectivity index (χ2n) is 4.45. The van der Waals surface area contributed by atoms with Crippen LogP contribution in [0.15, 0.2) is 36.4 Å². The van der Waals surface area contributed by atoms with Gasteiger partial charge in [0.1, 0.15) is 11.6 Å². The zero-order valence-corrected chi connectivity index (χ0v) is 11.8. The highest BCUT2D eigenvalue weighted by Gasteiger charge is 2.16. The Morgan fingerprint density at radius 2 is 1.84 bits per heavy atom. The molecule has 0 radical (unpaired) electrons. The molecule has 0 fully saturated rings. The maximum Gasteiger partial charge on any atom is 0.142 e.